The number of nitrogens with zero attached hydrogens (tertiary/aromatic N) is 1. The van der Waals surface area contributed by atoms with Crippen LogP contribution < -0.4 is 20.7 Å². The highest BCUT2D eigenvalue weighted by molar-refractivity contribution is 5.97. The van der Waals surface area contributed by atoms with Gasteiger partial charge in [0.05, 0.1) is 18.6 Å². The zero-order chi connectivity index (χ0) is 33.9. The predicted octanol–water partition coefficient (Wildman–Crippen LogP) is 5.54. The van der Waals surface area contributed by atoms with E-state index in [1.807, 2.05) is 18.2 Å². The Hall–Kier alpha value is -5.38. The maximum atomic E-state index is 13.2. The van der Waals surface area contributed by atoms with E-state index >= 15 is 0 Å². The monoisotopic (exact) mass is 650 g/mol. The molecule has 3 atom stereocenters. The maximum Gasteiger partial charge on any atom is 0.326 e. The molecule has 250 valence electrons. The molecule has 0 spiro atoms. The molecule has 1 saturated heterocycles. The molecule has 1 aliphatic carbocycles. The first-order valence-electron chi connectivity index (χ1n) is 16.3. The van der Waals surface area contributed by atoms with Gasteiger partial charge in [0.25, 0.3) is 5.91 Å². The Morgan fingerprint density at radius 3 is 2.44 bits per heavy atom. The molecule has 1 aliphatic heterocycles. The van der Waals surface area contributed by atoms with Crippen LogP contribution in [0.4, 0.5) is 10.5 Å². The lowest BCUT2D eigenvalue weighted by Gasteiger charge is -2.33. The van der Waals surface area contributed by atoms with Gasteiger partial charge in [-0.15, -0.1) is 0 Å². The van der Waals surface area contributed by atoms with E-state index in [9.17, 15) is 24.3 Å². The zero-order valence-corrected chi connectivity index (χ0v) is 27.1. The number of methoxy groups -OCH3 is 1. The standard InChI is InChI=1S/C38H42N4O6/c1-48-34-17-9-8-16-31(34)36(44)42-22-10-15-29(25-42)35(43)41-33(37(45)46)23-26-18-20-30(21-19-26)40-38(47)39-24-32(27-11-4-2-5-12-27)28-13-6-3-7-14-28/h2-6,8-9,11-13,16-21,29,32-33H,7,10,14-15,22-25H2,1H3,(H,41,43)(H,45,46)(H2,39,40,47)/t29?,32?,33-/m0/s1. The van der Waals surface area contributed by atoms with E-state index in [1.54, 1.807) is 53.4 Å². The normalized spacial score (nSPS) is 17.0. The molecule has 4 N–H and O–H groups in total. The first kappa shape index (κ1) is 34.0. The Bertz CT molecular complexity index is 1650. The first-order valence-corrected chi connectivity index (χ1v) is 16.3. The van der Waals surface area contributed by atoms with Gasteiger partial charge in [-0.3, -0.25) is 9.59 Å². The first-order chi connectivity index (χ1) is 23.3. The van der Waals surface area contributed by atoms with Gasteiger partial charge in [-0.2, -0.15) is 0 Å². The molecule has 10 nitrogen and oxygen atoms in total. The lowest BCUT2D eigenvalue weighted by Crippen LogP contribution is -2.50. The molecule has 1 heterocycles. The summed E-state index contributed by atoms with van der Waals surface area (Å²) in [5.41, 5.74) is 4.09. The van der Waals surface area contributed by atoms with Gasteiger partial charge in [0.1, 0.15) is 11.8 Å². The molecule has 2 unspecified atom stereocenters. The Morgan fingerprint density at radius 2 is 1.73 bits per heavy atom. The van der Waals surface area contributed by atoms with E-state index in [2.05, 4.69) is 46.3 Å². The van der Waals surface area contributed by atoms with Gasteiger partial charge in [-0.05, 0) is 61.1 Å². The SMILES string of the molecule is COc1ccccc1C(=O)N1CCCC(C(=O)N[C@@H](Cc2ccc(NC(=O)NCC(C3=CC=CCC3)c3ccccc3)cc2)C(=O)O)C1. The molecule has 10 heteroatoms. The van der Waals surface area contributed by atoms with Crippen LogP contribution in [-0.2, 0) is 16.0 Å². The van der Waals surface area contributed by atoms with Crippen molar-refractivity contribution in [2.24, 2.45) is 5.92 Å². The van der Waals surface area contributed by atoms with Gasteiger partial charge in [-0.1, -0.05) is 78.4 Å². The highest BCUT2D eigenvalue weighted by atomic mass is 16.5. The van der Waals surface area contributed by atoms with Crippen molar-refractivity contribution in [3.63, 3.8) is 0 Å². The van der Waals surface area contributed by atoms with E-state index in [0.29, 0.717) is 48.5 Å². The van der Waals surface area contributed by atoms with Gasteiger partial charge in [0.2, 0.25) is 5.91 Å². The number of benzene rings is 3. The Labute approximate surface area is 280 Å². The van der Waals surface area contributed by atoms with Crippen LogP contribution in [0.1, 0.15) is 53.1 Å². The Kier molecular flexibility index (Phi) is 11.6. The van der Waals surface area contributed by atoms with Crippen LogP contribution in [0.15, 0.2) is 103 Å². The largest absolute Gasteiger partial charge is 0.496 e. The van der Waals surface area contributed by atoms with Crippen LogP contribution in [0.25, 0.3) is 0 Å². The second kappa shape index (κ2) is 16.4. The number of piperidine rings is 1. The molecule has 0 bridgehead atoms. The average molecular weight is 651 g/mol. The van der Waals surface area contributed by atoms with E-state index in [-0.39, 0.29) is 30.8 Å². The van der Waals surface area contributed by atoms with Crippen LogP contribution in [0, 0.1) is 5.92 Å². The van der Waals surface area contributed by atoms with Gasteiger partial charge in [0, 0.05) is 37.7 Å². The van der Waals surface area contributed by atoms with E-state index < -0.39 is 23.8 Å². The van der Waals surface area contributed by atoms with Crippen molar-refractivity contribution in [3.8, 4) is 5.75 Å². The summed E-state index contributed by atoms with van der Waals surface area (Å²) in [7, 11) is 1.50. The summed E-state index contributed by atoms with van der Waals surface area (Å²) in [6.07, 6.45) is 9.49. The summed E-state index contributed by atoms with van der Waals surface area (Å²) in [5, 5.41) is 18.4. The Morgan fingerprint density at radius 1 is 0.979 bits per heavy atom. The fourth-order valence-corrected chi connectivity index (χ4v) is 6.25. The van der Waals surface area contributed by atoms with E-state index in [1.165, 1.54) is 12.7 Å². The fraction of sp³-hybridized carbons (Fsp3) is 0.316. The van der Waals surface area contributed by atoms with Crippen LogP contribution in [0.3, 0.4) is 0 Å². The van der Waals surface area contributed by atoms with Gasteiger partial charge < -0.3 is 30.7 Å². The number of likely N-dealkylation sites (tertiary alicyclic amines) is 1. The number of hydrogen-bond acceptors (Lipinski definition) is 5. The maximum absolute atomic E-state index is 13.2. The quantitative estimate of drug-likeness (QED) is 0.203. The third-order valence-electron chi connectivity index (χ3n) is 8.85. The molecular weight excluding hydrogens is 608 g/mol. The van der Waals surface area contributed by atoms with Crippen molar-refractivity contribution in [1.82, 2.24) is 15.5 Å². The van der Waals surface area contributed by atoms with Crippen molar-refractivity contribution in [2.75, 3.05) is 32.1 Å². The molecule has 2 aliphatic rings. The van der Waals surface area contributed by atoms with Gasteiger partial charge >= 0.3 is 12.0 Å². The van der Waals surface area contributed by atoms with Crippen molar-refractivity contribution < 1.29 is 29.0 Å². The molecule has 5 rings (SSSR count). The minimum Gasteiger partial charge on any atom is -0.496 e. The Balaban J connectivity index is 1.14. The summed E-state index contributed by atoms with van der Waals surface area (Å²) in [6, 6.07) is 22.5. The van der Waals surface area contributed by atoms with Crippen LogP contribution in [0.5, 0.6) is 5.75 Å². The minimum absolute atomic E-state index is 0.0619. The number of rotatable bonds is 12. The average Bonchev–Trinajstić information content (AvgIpc) is 3.12. The number of carbonyl (C=O) groups excluding carboxylic acids is 3. The number of para-hydroxylation sites is 1. The molecule has 0 aromatic heterocycles. The van der Waals surface area contributed by atoms with Gasteiger partial charge in [0.15, 0.2) is 0 Å². The molecule has 48 heavy (non-hydrogen) atoms. The smallest absolute Gasteiger partial charge is 0.326 e. The number of allylic oxidation sites excluding steroid dienone is 3. The third-order valence-corrected chi connectivity index (χ3v) is 8.85. The molecule has 1 fully saturated rings. The fourth-order valence-electron chi connectivity index (χ4n) is 6.25. The summed E-state index contributed by atoms with van der Waals surface area (Å²) >= 11 is 0. The molecule has 0 saturated carbocycles. The van der Waals surface area contributed by atoms with E-state index in [4.69, 9.17) is 4.74 Å². The second-order valence-corrected chi connectivity index (χ2v) is 12.1. The van der Waals surface area contributed by atoms with Crippen molar-refractivity contribution >= 4 is 29.5 Å². The van der Waals surface area contributed by atoms with Crippen LogP contribution in [0.2, 0.25) is 0 Å². The lowest BCUT2D eigenvalue weighted by atomic mass is 9.86. The number of amides is 4. The number of carbonyl (C=O) groups is 4. The molecule has 0 radical (unpaired) electrons. The number of ether oxygens (including phenoxy) is 1. The van der Waals surface area contributed by atoms with Crippen molar-refractivity contribution in [3.05, 3.63) is 119 Å². The predicted molar refractivity (Wildman–Crippen MR) is 184 cm³/mol. The zero-order valence-electron chi connectivity index (χ0n) is 27.1. The lowest BCUT2D eigenvalue weighted by molar-refractivity contribution is -0.142. The number of nitrogens with one attached hydrogen (secondary N) is 3. The number of urea groups is 1. The summed E-state index contributed by atoms with van der Waals surface area (Å²) in [5.74, 6) is -1.78. The van der Waals surface area contributed by atoms with Crippen LogP contribution in [-0.4, -0.2) is 66.6 Å². The van der Waals surface area contributed by atoms with E-state index in [0.717, 1.165) is 18.4 Å². The summed E-state index contributed by atoms with van der Waals surface area (Å²) in [6.45, 7) is 1.14. The molecule has 3 aromatic carbocycles. The summed E-state index contributed by atoms with van der Waals surface area (Å²) in [4.78, 5) is 53.0. The highest BCUT2D eigenvalue weighted by Crippen LogP contribution is 2.29. The van der Waals surface area contributed by atoms with Gasteiger partial charge in [-0.25, -0.2) is 9.59 Å². The number of aliphatic carboxylic acids is 1. The minimum atomic E-state index is -1.15. The number of hydrogen-bond donors (Lipinski definition) is 4. The molecule has 4 amide bonds. The molecule has 3 aromatic rings. The van der Waals surface area contributed by atoms with Crippen molar-refractivity contribution in [2.45, 2.75) is 44.1 Å². The third kappa shape index (κ3) is 8.90. The second-order valence-electron chi connectivity index (χ2n) is 12.1. The molecular formula is C38H42N4O6. The number of anilines is 1. The number of carboxylic acid groups (broad SMARTS) is 1. The summed E-state index contributed by atoms with van der Waals surface area (Å²) < 4.78 is 5.33. The van der Waals surface area contributed by atoms with Crippen molar-refractivity contribution in [1.29, 1.82) is 0 Å². The highest BCUT2D eigenvalue weighted by Gasteiger charge is 2.32. The van der Waals surface area contributed by atoms with Crippen LogP contribution >= 0.6 is 0 Å². The number of carboxylic acids is 1. The topological polar surface area (TPSA) is 137 Å².